The second-order valence-corrected chi connectivity index (χ2v) is 6.96. The molecule has 0 amide bonds. The van der Waals surface area contributed by atoms with Gasteiger partial charge in [0.15, 0.2) is 0 Å². The monoisotopic (exact) mass is 398 g/mol. The molecule has 7 heteroatoms. The van der Waals surface area contributed by atoms with Crippen molar-refractivity contribution in [3.8, 4) is 5.75 Å². The van der Waals surface area contributed by atoms with Crippen LogP contribution in [0.5, 0.6) is 5.75 Å². The summed E-state index contributed by atoms with van der Waals surface area (Å²) in [5, 5.41) is 14.2. The highest BCUT2D eigenvalue weighted by Gasteiger charge is 2.23. The van der Waals surface area contributed by atoms with Crippen molar-refractivity contribution in [1.29, 1.82) is 0 Å². The maximum absolute atomic E-state index is 13.4. The average molecular weight is 399 g/mol. The summed E-state index contributed by atoms with van der Waals surface area (Å²) in [5.41, 5.74) is -0.667. The fourth-order valence-electron chi connectivity index (χ4n) is 1.89. The van der Waals surface area contributed by atoms with E-state index < -0.39 is 12.0 Å². The molecule has 2 rings (SSSR count). The molecule has 0 aliphatic rings. The van der Waals surface area contributed by atoms with E-state index >= 15 is 0 Å². The van der Waals surface area contributed by atoms with Crippen molar-refractivity contribution in [1.82, 2.24) is 4.98 Å². The van der Waals surface area contributed by atoms with Gasteiger partial charge in [0.2, 0.25) is 0 Å². The number of hydrogen-bond donors (Lipinski definition) is 1. The van der Waals surface area contributed by atoms with Crippen LogP contribution in [0.15, 0.2) is 46.2 Å². The number of phenolic OH excluding ortho intramolecular Hbond substituents is 1. The van der Waals surface area contributed by atoms with Crippen molar-refractivity contribution >= 4 is 21.6 Å². The quantitative estimate of drug-likeness (QED) is 0.578. The standard InChI is InChI=1S/C17H17BrF2N2O2/c1-17(2,3)24-22-15(12-9-10(18)6-7-13(12)23)14-11(16(19)20)5-4-8-21-14/h4-9,16,23H,1-3H3/b22-15-. The van der Waals surface area contributed by atoms with Crippen molar-refractivity contribution in [2.24, 2.45) is 5.16 Å². The number of aromatic hydroxyl groups is 1. The van der Waals surface area contributed by atoms with E-state index in [2.05, 4.69) is 26.1 Å². The van der Waals surface area contributed by atoms with Crippen LogP contribution in [0.3, 0.4) is 0 Å². The summed E-state index contributed by atoms with van der Waals surface area (Å²) in [5.74, 6) is -0.111. The summed E-state index contributed by atoms with van der Waals surface area (Å²) in [6.07, 6.45) is -1.34. The van der Waals surface area contributed by atoms with Gasteiger partial charge in [-0.15, -0.1) is 0 Å². The summed E-state index contributed by atoms with van der Waals surface area (Å²) >= 11 is 3.30. The fourth-order valence-corrected chi connectivity index (χ4v) is 2.25. The number of phenols is 1. The second-order valence-electron chi connectivity index (χ2n) is 6.05. The number of rotatable bonds is 4. The lowest BCUT2D eigenvalue weighted by atomic mass is 10.0. The van der Waals surface area contributed by atoms with Crippen molar-refractivity contribution < 1.29 is 18.7 Å². The van der Waals surface area contributed by atoms with Gasteiger partial charge in [-0.05, 0) is 51.1 Å². The van der Waals surface area contributed by atoms with E-state index in [9.17, 15) is 13.9 Å². The van der Waals surface area contributed by atoms with Gasteiger partial charge in [0.05, 0.1) is 0 Å². The van der Waals surface area contributed by atoms with Crippen LogP contribution < -0.4 is 0 Å². The summed E-state index contributed by atoms with van der Waals surface area (Å²) in [7, 11) is 0. The van der Waals surface area contributed by atoms with E-state index in [0.717, 1.165) is 0 Å². The first-order chi connectivity index (χ1) is 11.2. The van der Waals surface area contributed by atoms with Crippen LogP contribution in [0.4, 0.5) is 8.78 Å². The van der Waals surface area contributed by atoms with E-state index in [0.29, 0.717) is 4.47 Å². The van der Waals surface area contributed by atoms with Crippen LogP contribution in [0.25, 0.3) is 0 Å². The predicted molar refractivity (Wildman–Crippen MR) is 91.5 cm³/mol. The van der Waals surface area contributed by atoms with Gasteiger partial charge < -0.3 is 9.94 Å². The Morgan fingerprint density at radius 3 is 2.62 bits per heavy atom. The van der Waals surface area contributed by atoms with E-state index in [1.54, 1.807) is 32.9 Å². The van der Waals surface area contributed by atoms with Gasteiger partial charge in [0, 0.05) is 21.8 Å². The fraction of sp³-hybridized carbons (Fsp3) is 0.294. The molecule has 1 N–H and O–H groups in total. The number of nitrogens with zero attached hydrogens (tertiary/aromatic N) is 2. The third-order valence-corrected chi connectivity index (χ3v) is 3.42. The van der Waals surface area contributed by atoms with Crippen molar-refractivity contribution in [2.75, 3.05) is 0 Å². The topological polar surface area (TPSA) is 54.7 Å². The highest BCUT2D eigenvalue weighted by molar-refractivity contribution is 9.10. The lowest BCUT2D eigenvalue weighted by Gasteiger charge is -2.18. The van der Waals surface area contributed by atoms with Crippen molar-refractivity contribution in [3.63, 3.8) is 0 Å². The molecule has 0 atom stereocenters. The molecular formula is C17H17BrF2N2O2. The Balaban J connectivity index is 2.67. The first-order valence-corrected chi connectivity index (χ1v) is 7.97. The van der Waals surface area contributed by atoms with Crippen molar-refractivity contribution in [2.45, 2.75) is 32.8 Å². The summed E-state index contributed by atoms with van der Waals surface area (Å²) < 4.78 is 27.4. The molecular weight excluding hydrogens is 382 g/mol. The van der Waals surface area contributed by atoms with Gasteiger partial charge >= 0.3 is 0 Å². The zero-order valence-corrected chi connectivity index (χ0v) is 15.0. The third kappa shape index (κ3) is 4.50. The minimum atomic E-state index is -2.73. The smallest absolute Gasteiger partial charge is 0.266 e. The Hall–Kier alpha value is -2.02. The lowest BCUT2D eigenvalue weighted by molar-refractivity contribution is 0.00108. The van der Waals surface area contributed by atoms with Gasteiger partial charge in [-0.2, -0.15) is 0 Å². The van der Waals surface area contributed by atoms with E-state index in [-0.39, 0.29) is 28.3 Å². The number of hydrogen-bond acceptors (Lipinski definition) is 4. The second kappa shape index (κ2) is 7.25. The number of aromatic nitrogens is 1. The molecule has 24 heavy (non-hydrogen) atoms. The highest BCUT2D eigenvalue weighted by Crippen LogP contribution is 2.29. The maximum Gasteiger partial charge on any atom is 0.266 e. The molecule has 1 aromatic heterocycles. The minimum absolute atomic E-state index is 0.0369. The molecule has 128 valence electrons. The molecule has 1 aromatic carbocycles. The number of pyridine rings is 1. The molecule has 2 aromatic rings. The van der Waals surface area contributed by atoms with E-state index in [4.69, 9.17) is 4.84 Å². The molecule has 0 saturated carbocycles. The SMILES string of the molecule is CC(C)(C)O/N=C(/c1cc(Br)ccc1O)c1ncccc1C(F)F. The first-order valence-electron chi connectivity index (χ1n) is 7.17. The Morgan fingerprint density at radius 2 is 2.00 bits per heavy atom. The van der Waals surface area contributed by atoms with Crippen LogP contribution >= 0.6 is 15.9 Å². The zero-order chi connectivity index (χ0) is 17.9. The Bertz CT molecular complexity index is 758. The Morgan fingerprint density at radius 1 is 1.29 bits per heavy atom. The highest BCUT2D eigenvalue weighted by atomic mass is 79.9. The maximum atomic E-state index is 13.4. The number of oxime groups is 1. The Labute approximate surface area is 147 Å². The number of benzene rings is 1. The van der Waals surface area contributed by atoms with Crippen LogP contribution in [0.2, 0.25) is 0 Å². The average Bonchev–Trinajstić information content (AvgIpc) is 2.50. The van der Waals surface area contributed by atoms with Gasteiger partial charge in [0.1, 0.15) is 22.8 Å². The molecule has 0 radical (unpaired) electrons. The minimum Gasteiger partial charge on any atom is -0.507 e. The Kier molecular flexibility index (Phi) is 5.54. The van der Waals surface area contributed by atoms with E-state index in [1.165, 1.54) is 24.4 Å². The van der Waals surface area contributed by atoms with Gasteiger partial charge in [-0.3, -0.25) is 4.98 Å². The summed E-state index contributed by atoms with van der Waals surface area (Å²) in [6, 6.07) is 7.34. The molecule has 0 unspecified atom stereocenters. The number of halogens is 3. The molecule has 0 aliphatic carbocycles. The largest absolute Gasteiger partial charge is 0.507 e. The van der Waals surface area contributed by atoms with Gasteiger partial charge in [-0.25, -0.2) is 8.78 Å². The molecule has 0 bridgehead atoms. The molecule has 0 saturated heterocycles. The molecule has 0 fully saturated rings. The number of alkyl halides is 2. The van der Waals surface area contributed by atoms with Gasteiger partial charge in [0.25, 0.3) is 6.43 Å². The van der Waals surface area contributed by atoms with E-state index in [1.807, 2.05) is 0 Å². The van der Waals surface area contributed by atoms with Crippen LogP contribution in [-0.2, 0) is 4.84 Å². The predicted octanol–water partition coefficient (Wildman–Crippen LogP) is 5.05. The summed E-state index contributed by atoms with van der Waals surface area (Å²) in [4.78, 5) is 9.44. The first kappa shape index (κ1) is 18.3. The summed E-state index contributed by atoms with van der Waals surface area (Å²) in [6.45, 7) is 5.34. The molecule has 0 aliphatic heterocycles. The van der Waals surface area contributed by atoms with Crippen molar-refractivity contribution in [3.05, 3.63) is 57.8 Å². The zero-order valence-electron chi connectivity index (χ0n) is 13.4. The normalized spacial score (nSPS) is 12.5. The molecule has 0 spiro atoms. The van der Waals surface area contributed by atoms with Crippen LogP contribution in [-0.4, -0.2) is 21.4 Å². The van der Waals surface area contributed by atoms with Crippen LogP contribution in [0.1, 0.15) is 44.0 Å². The third-order valence-electron chi connectivity index (χ3n) is 2.92. The molecule has 4 nitrogen and oxygen atoms in total. The van der Waals surface area contributed by atoms with Gasteiger partial charge in [-0.1, -0.05) is 21.1 Å². The van der Waals surface area contributed by atoms with Crippen LogP contribution in [0, 0.1) is 0 Å². The lowest BCUT2D eigenvalue weighted by Crippen LogP contribution is -2.19. The molecule has 1 heterocycles.